The highest BCUT2D eigenvalue weighted by molar-refractivity contribution is 7.99. The molecule has 1 aromatic rings. The normalized spacial score (nSPS) is 23.1. The van der Waals surface area contributed by atoms with E-state index in [1.54, 1.807) is 11.1 Å². The number of thiazole rings is 1. The molecule has 3 rings (SSSR count). The second-order valence-corrected chi connectivity index (χ2v) is 7.55. The number of thioether (sulfide) groups is 1. The fourth-order valence-corrected chi connectivity index (χ4v) is 4.37. The summed E-state index contributed by atoms with van der Waals surface area (Å²) in [5.74, 6) is 2.03. The van der Waals surface area contributed by atoms with Gasteiger partial charge in [0.05, 0.1) is 0 Å². The minimum Gasteiger partial charge on any atom is -0.331 e. The summed E-state index contributed by atoms with van der Waals surface area (Å²) >= 11 is 3.27. The third kappa shape index (κ3) is 5.49. The third-order valence-electron chi connectivity index (χ3n) is 3.96. The number of nitrogens with one attached hydrogen (secondary N) is 2. The van der Waals surface area contributed by atoms with Gasteiger partial charge in [-0.1, -0.05) is 0 Å². The Morgan fingerprint density at radius 3 is 2.92 bits per heavy atom. The lowest BCUT2D eigenvalue weighted by Gasteiger charge is -2.28. The van der Waals surface area contributed by atoms with Crippen LogP contribution in [0.5, 0.6) is 0 Å². The number of hydrogen-bond acceptors (Lipinski definition) is 6. The zero-order valence-electron chi connectivity index (χ0n) is 13.1. The van der Waals surface area contributed by atoms with Crippen molar-refractivity contribution >= 4 is 64.9 Å². The molecule has 0 aromatic carbocycles. The van der Waals surface area contributed by atoms with Gasteiger partial charge in [0, 0.05) is 48.6 Å². The molecule has 2 amide bonds. The summed E-state index contributed by atoms with van der Waals surface area (Å²) in [6.45, 7) is 1.63. The van der Waals surface area contributed by atoms with Gasteiger partial charge in [-0.25, -0.2) is 4.98 Å². The monoisotopic (exact) mass is 412 g/mol. The summed E-state index contributed by atoms with van der Waals surface area (Å²) in [6, 6.07) is -0.123. The average Bonchev–Trinajstić information content (AvgIpc) is 3.19. The number of amides is 2. The summed E-state index contributed by atoms with van der Waals surface area (Å²) in [4.78, 5) is 30.7. The van der Waals surface area contributed by atoms with E-state index < -0.39 is 0 Å². The first-order chi connectivity index (χ1) is 10.7. The number of nitrogens with zero attached hydrogens (tertiary/aromatic N) is 2. The smallest absolute Gasteiger partial charge is 0.248 e. The van der Waals surface area contributed by atoms with Crippen LogP contribution in [0.2, 0.25) is 0 Å². The lowest BCUT2D eigenvalue weighted by atomic mass is 10.1. The minimum atomic E-state index is -0.354. The van der Waals surface area contributed by atoms with Crippen LogP contribution in [0.15, 0.2) is 11.6 Å². The molecule has 24 heavy (non-hydrogen) atoms. The number of halogens is 2. The van der Waals surface area contributed by atoms with Gasteiger partial charge in [0.15, 0.2) is 5.13 Å². The van der Waals surface area contributed by atoms with Gasteiger partial charge >= 0.3 is 0 Å². The van der Waals surface area contributed by atoms with Crippen LogP contribution in [0.4, 0.5) is 5.13 Å². The van der Waals surface area contributed by atoms with Crippen LogP contribution in [0.3, 0.4) is 0 Å². The van der Waals surface area contributed by atoms with Crippen LogP contribution in [0.1, 0.15) is 19.3 Å². The number of hydrogen-bond donors (Lipinski definition) is 2. The summed E-state index contributed by atoms with van der Waals surface area (Å²) < 4.78 is 0. The van der Waals surface area contributed by atoms with Crippen molar-refractivity contribution in [1.82, 2.24) is 15.2 Å². The molecule has 2 N–H and O–H groups in total. The van der Waals surface area contributed by atoms with Crippen molar-refractivity contribution < 1.29 is 9.59 Å². The Morgan fingerprint density at radius 2 is 2.25 bits per heavy atom. The molecule has 6 nitrogen and oxygen atoms in total. The molecule has 2 unspecified atom stereocenters. The van der Waals surface area contributed by atoms with Crippen LogP contribution in [-0.4, -0.2) is 58.4 Å². The minimum absolute atomic E-state index is 0. The fourth-order valence-electron chi connectivity index (χ4n) is 2.89. The molecule has 0 spiro atoms. The summed E-state index contributed by atoms with van der Waals surface area (Å²) in [5.41, 5.74) is 0. The molecular formula is C14H22Cl2N4O2S2. The predicted octanol–water partition coefficient (Wildman–Crippen LogP) is 2.01. The summed E-state index contributed by atoms with van der Waals surface area (Å²) in [6.07, 6.45) is 3.75. The topological polar surface area (TPSA) is 74.3 Å². The molecule has 0 radical (unpaired) electrons. The molecule has 136 valence electrons. The highest BCUT2D eigenvalue weighted by Gasteiger charge is 2.35. The average molecular weight is 413 g/mol. The van der Waals surface area contributed by atoms with Crippen LogP contribution in [-0.2, 0) is 9.59 Å². The number of anilines is 1. The molecule has 1 aromatic heterocycles. The molecule has 2 fully saturated rings. The molecule has 2 saturated heterocycles. The van der Waals surface area contributed by atoms with E-state index in [2.05, 4.69) is 15.6 Å². The maximum Gasteiger partial charge on any atom is 0.248 e. The first-order valence-electron chi connectivity index (χ1n) is 7.55. The molecule has 2 aliphatic rings. The molecule has 0 bridgehead atoms. The van der Waals surface area contributed by atoms with Gasteiger partial charge < -0.3 is 15.5 Å². The predicted molar refractivity (Wildman–Crippen MR) is 104 cm³/mol. The van der Waals surface area contributed by atoms with Crippen LogP contribution in [0.25, 0.3) is 0 Å². The number of carbonyl (C=O) groups excluding carboxylic acids is 2. The number of aromatic nitrogens is 1. The largest absolute Gasteiger partial charge is 0.331 e. The molecule has 2 aliphatic heterocycles. The van der Waals surface area contributed by atoms with E-state index in [9.17, 15) is 9.59 Å². The SMILES string of the molecule is Cl.Cl.O=C(Nc1nccs1)C1CCCN1C(=O)CC1CSCCN1. The Morgan fingerprint density at radius 1 is 1.42 bits per heavy atom. The van der Waals surface area contributed by atoms with Crippen molar-refractivity contribution in [3.05, 3.63) is 11.6 Å². The third-order valence-corrected chi connectivity index (χ3v) is 5.78. The quantitative estimate of drug-likeness (QED) is 0.790. The Labute approximate surface area is 162 Å². The highest BCUT2D eigenvalue weighted by atomic mass is 35.5. The van der Waals surface area contributed by atoms with Crippen molar-refractivity contribution in [1.29, 1.82) is 0 Å². The van der Waals surface area contributed by atoms with E-state index in [1.807, 2.05) is 17.1 Å². The van der Waals surface area contributed by atoms with Crippen molar-refractivity contribution in [2.45, 2.75) is 31.3 Å². The zero-order valence-corrected chi connectivity index (χ0v) is 16.4. The molecule has 3 heterocycles. The van der Waals surface area contributed by atoms with E-state index in [1.165, 1.54) is 11.3 Å². The maximum atomic E-state index is 12.5. The molecular weight excluding hydrogens is 391 g/mol. The van der Waals surface area contributed by atoms with Gasteiger partial charge in [-0.05, 0) is 12.8 Å². The van der Waals surface area contributed by atoms with Gasteiger partial charge in [0.2, 0.25) is 11.8 Å². The van der Waals surface area contributed by atoms with Crippen molar-refractivity contribution in [2.75, 3.05) is 29.9 Å². The van der Waals surface area contributed by atoms with E-state index >= 15 is 0 Å². The van der Waals surface area contributed by atoms with E-state index in [0.717, 1.165) is 30.9 Å². The van der Waals surface area contributed by atoms with Gasteiger partial charge in [-0.15, -0.1) is 36.2 Å². The van der Waals surface area contributed by atoms with Gasteiger partial charge in [0.1, 0.15) is 6.04 Å². The van der Waals surface area contributed by atoms with E-state index in [4.69, 9.17) is 0 Å². The number of rotatable bonds is 4. The Bertz CT molecular complexity index is 527. The standard InChI is InChI=1S/C14H20N4O2S2.2ClH/c19-12(8-10-9-21-6-3-15-10)18-5-1-2-11(18)13(20)17-14-16-4-7-22-14;;/h4,7,10-11,15H,1-3,5-6,8-9H2,(H,16,17,20);2*1H. The van der Waals surface area contributed by atoms with Crippen molar-refractivity contribution in [3.63, 3.8) is 0 Å². The lowest BCUT2D eigenvalue weighted by Crippen LogP contribution is -2.47. The van der Waals surface area contributed by atoms with E-state index in [-0.39, 0.29) is 48.7 Å². The Kier molecular flexibility index (Phi) is 9.36. The van der Waals surface area contributed by atoms with Crippen LogP contribution < -0.4 is 10.6 Å². The fraction of sp³-hybridized carbons (Fsp3) is 0.643. The first kappa shape index (κ1) is 21.5. The molecule has 10 heteroatoms. The van der Waals surface area contributed by atoms with E-state index in [0.29, 0.717) is 18.1 Å². The highest BCUT2D eigenvalue weighted by Crippen LogP contribution is 2.22. The van der Waals surface area contributed by atoms with Crippen LogP contribution >= 0.6 is 47.9 Å². The Hall–Kier alpha value is -0.540. The first-order valence-corrected chi connectivity index (χ1v) is 9.58. The van der Waals surface area contributed by atoms with Gasteiger partial charge in [-0.2, -0.15) is 11.8 Å². The second-order valence-electron chi connectivity index (χ2n) is 5.50. The second kappa shape index (κ2) is 10.5. The lowest BCUT2D eigenvalue weighted by molar-refractivity contribution is -0.137. The van der Waals surface area contributed by atoms with Crippen molar-refractivity contribution in [3.8, 4) is 0 Å². The number of carbonyl (C=O) groups is 2. The van der Waals surface area contributed by atoms with Crippen LogP contribution in [0, 0.1) is 0 Å². The van der Waals surface area contributed by atoms with Gasteiger partial charge in [0.25, 0.3) is 0 Å². The summed E-state index contributed by atoms with van der Waals surface area (Å²) in [5, 5.41) is 8.60. The molecule has 0 aliphatic carbocycles. The maximum absolute atomic E-state index is 12.5. The summed E-state index contributed by atoms with van der Waals surface area (Å²) in [7, 11) is 0. The molecule has 2 atom stereocenters. The van der Waals surface area contributed by atoms with Gasteiger partial charge in [-0.3, -0.25) is 9.59 Å². The molecule has 0 saturated carbocycles. The van der Waals surface area contributed by atoms with Crippen molar-refractivity contribution in [2.24, 2.45) is 0 Å². The Balaban J connectivity index is 0.00000144. The number of likely N-dealkylation sites (tertiary alicyclic amines) is 1. The zero-order chi connectivity index (χ0) is 15.4.